The molecule has 0 saturated carbocycles. The first-order valence-electron chi connectivity index (χ1n) is 10.0. The first-order valence-corrected chi connectivity index (χ1v) is 14.0. The molecule has 0 aliphatic rings. The van der Waals surface area contributed by atoms with E-state index in [1.165, 1.54) is 102 Å². The summed E-state index contributed by atoms with van der Waals surface area (Å²) < 4.78 is 0. The van der Waals surface area contributed by atoms with Gasteiger partial charge < -0.3 is 0 Å². The van der Waals surface area contributed by atoms with Crippen molar-refractivity contribution in [3.05, 3.63) is 25.3 Å². The molecule has 0 aromatic rings. The van der Waals surface area contributed by atoms with Gasteiger partial charge >= 0.3 is 0 Å². The third-order valence-electron chi connectivity index (χ3n) is 4.71. The van der Waals surface area contributed by atoms with Crippen LogP contribution in [0.25, 0.3) is 0 Å². The monoisotopic (exact) mass is 356 g/mol. The molecular formula is C21H41ClSi. The fraction of sp³-hybridized carbons (Fsp3) is 0.810. The second-order valence-corrected chi connectivity index (χ2v) is 13.9. The van der Waals surface area contributed by atoms with Gasteiger partial charge in [-0.1, -0.05) is 82.9 Å². The second kappa shape index (κ2) is 16.8. The molecule has 0 heterocycles. The van der Waals surface area contributed by atoms with Crippen LogP contribution in [-0.2, 0) is 0 Å². The Labute approximate surface area is 152 Å². The largest absolute Gasteiger partial charge is 0.167 e. The minimum absolute atomic E-state index is 1.18. The van der Waals surface area contributed by atoms with E-state index in [0.717, 1.165) is 0 Å². The Morgan fingerprint density at radius 1 is 0.609 bits per heavy atom. The maximum atomic E-state index is 6.82. The highest BCUT2D eigenvalue weighted by Crippen LogP contribution is 2.27. The molecule has 0 nitrogen and oxygen atoms in total. The molecule has 0 spiro atoms. The van der Waals surface area contributed by atoms with Crippen LogP contribution in [-0.4, -0.2) is 7.38 Å². The van der Waals surface area contributed by atoms with E-state index < -0.39 is 7.38 Å². The molecule has 0 fully saturated rings. The van der Waals surface area contributed by atoms with Gasteiger partial charge in [0.2, 0.25) is 0 Å². The van der Waals surface area contributed by atoms with Crippen molar-refractivity contribution < 1.29 is 0 Å². The van der Waals surface area contributed by atoms with Gasteiger partial charge in [-0.2, -0.15) is 11.1 Å². The summed E-state index contributed by atoms with van der Waals surface area (Å²) in [7, 11) is -1.42. The lowest BCUT2D eigenvalue weighted by Crippen LogP contribution is -2.21. The molecule has 0 bridgehead atoms. The van der Waals surface area contributed by atoms with Crippen molar-refractivity contribution in [3.8, 4) is 0 Å². The van der Waals surface area contributed by atoms with Gasteiger partial charge in [-0.05, 0) is 37.8 Å². The molecule has 0 amide bonds. The summed E-state index contributed by atoms with van der Waals surface area (Å²) >= 11 is 6.82. The maximum Gasteiger partial charge on any atom is 0.153 e. The van der Waals surface area contributed by atoms with Crippen LogP contribution in [0.3, 0.4) is 0 Å². The third kappa shape index (κ3) is 18.2. The lowest BCUT2D eigenvalue weighted by molar-refractivity contribution is 0.604. The number of unbranched alkanes of at least 4 members (excludes halogenated alkanes) is 12. The highest BCUT2D eigenvalue weighted by molar-refractivity contribution is 7.19. The van der Waals surface area contributed by atoms with Crippen molar-refractivity contribution in [1.29, 1.82) is 0 Å². The summed E-state index contributed by atoms with van der Waals surface area (Å²) in [5, 5.41) is 0. The average Bonchev–Trinajstić information content (AvgIpc) is 2.52. The van der Waals surface area contributed by atoms with Crippen LogP contribution in [0.2, 0.25) is 18.6 Å². The predicted molar refractivity (Wildman–Crippen MR) is 112 cm³/mol. The Balaban J connectivity index is 3.36. The van der Waals surface area contributed by atoms with E-state index in [1.54, 1.807) is 0 Å². The van der Waals surface area contributed by atoms with Crippen LogP contribution in [0.5, 0.6) is 0 Å². The standard InChI is InChI=1S/C21H41ClSi/c1-4-6-8-10-12-14-16-18-20-23(3,22)21-19-17-15-13-11-9-7-5-2/h4-5H,1-2,6-21H2,3H3. The topological polar surface area (TPSA) is 0 Å². The van der Waals surface area contributed by atoms with Crippen LogP contribution in [0, 0.1) is 0 Å². The van der Waals surface area contributed by atoms with Crippen molar-refractivity contribution in [1.82, 2.24) is 0 Å². The normalized spacial score (nSPS) is 11.6. The Morgan fingerprint density at radius 2 is 0.913 bits per heavy atom. The van der Waals surface area contributed by atoms with Gasteiger partial charge in [-0.25, -0.2) is 0 Å². The van der Waals surface area contributed by atoms with Crippen LogP contribution in [0.15, 0.2) is 25.3 Å². The third-order valence-corrected chi connectivity index (χ3v) is 8.64. The van der Waals surface area contributed by atoms with Crippen molar-refractivity contribution >= 4 is 18.5 Å². The molecule has 2 heteroatoms. The number of halogens is 1. The second-order valence-electron chi connectivity index (χ2n) is 7.31. The van der Waals surface area contributed by atoms with E-state index in [0.29, 0.717) is 0 Å². The van der Waals surface area contributed by atoms with Crippen molar-refractivity contribution in [2.45, 2.75) is 109 Å². The van der Waals surface area contributed by atoms with Gasteiger partial charge in [0.15, 0.2) is 7.38 Å². The van der Waals surface area contributed by atoms with E-state index in [9.17, 15) is 0 Å². The zero-order chi connectivity index (χ0) is 17.2. The minimum Gasteiger partial charge on any atom is -0.167 e. The molecule has 0 unspecified atom stereocenters. The molecule has 0 rings (SSSR count). The summed E-state index contributed by atoms with van der Waals surface area (Å²) in [4.78, 5) is 0. The SMILES string of the molecule is C=CCCCCCCCC[Si](C)(Cl)CCCCCCCCC=C. The van der Waals surface area contributed by atoms with Gasteiger partial charge in [0, 0.05) is 0 Å². The zero-order valence-corrected chi connectivity index (χ0v) is 17.5. The van der Waals surface area contributed by atoms with Crippen LogP contribution >= 0.6 is 11.1 Å². The lowest BCUT2D eigenvalue weighted by atomic mass is 10.1. The van der Waals surface area contributed by atoms with E-state index >= 15 is 0 Å². The molecule has 0 atom stereocenters. The Hall–Kier alpha value is -0.0131. The van der Waals surface area contributed by atoms with E-state index in [-0.39, 0.29) is 0 Å². The van der Waals surface area contributed by atoms with Gasteiger partial charge in [-0.3, -0.25) is 0 Å². The summed E-state index contributed by atoms with van der Waals surface area (Å²) in [5.41, 5.74) is 0. The van der Waals surface area contributed by atoms with Crippen LogP contribution < -0.4 is 0 Å². The first kappa shape index (κ1) is 23.0. The van der Waals surface area contributed by atoms with Crippen molar-refractivity contribution in [3.63, 3.8) is 0 Å². The van der Waals surface area contributed by atoms with Gasteiger partial charge in [-0.15, -0.1) is 13.2 Å². The first-order chi connectivity index (χ1) is 11.1. The van der Waals surface area contributed by atoms with E-state index in [4.69, 9.17) is 11.1 Å². The fourth-order valence-electron chi connectivity index (χ4n) is 3.10. The summed E-state index contributed by atoms with van der Waals surface area (Å²) in [6, 6.07) is 2.64. The maximum absolute atomic E-state index is 6.82. The quantitative estimate of drug-likeness (QED) is 0.0997. The molecule has 0 radical (unpaired) electrons. The number of rotatable bonds is 18. The molecule has 0 aromatic carbocycles. The Bertz CT molecular complexity index is 247. The summed E-state index contributed by atoms with van der Waals surface area (Å²) in [6.45, 7) is 9.93. The van der Waals surface area contributed by atoms with Crippen LogP contribution in [0.4, 0.5) is 0 Å². The Kier molecular flexibility index (Phi) is 16.8. The highest BCUT2D eigenvalue weighted by atomic mass is 35.6. The van der Waals surface area contributed by atoms with E-state index in [2.05, 4.69) is 19.7 Å². The van der Waals surface area contributed by atoms with Crippen molar-refractivity contribution in [2.24, 2.45) is 0 Å². The smallest absolute Gasteiger partial charge is 0.153 e. The predicted octanol–water partition coefficient (Wildman–Crippen LogP) is 8.63. The lowest BCUT2D eigenvalue weighted by Gasteiger charge is -2.19. The van der Waals surface area contributed by atoms with Crippen molar-refractivity contribution in [2.75, 3.05) is 0 Å². The molecule has 0 aliphatic carbocycles. The molecule has 136 valence electrons. The zero-order valence-electron chi connectivity index (χ0n) is 15.8. The molecular weight excluding hydrogens is 316 g/mol. The molecule has 23 heavy (non-hydrogen) atoms. The molecule has 0 N–H and O–H groups in total. The Morgan fingerprint density at radius 3 is 1.26 bits per heavy atom. The van der Waals surface area contributed by atoms with Gasteiger partial charge in [0.25, 0.3) is 0 Å². The molecule has 0 aliphatic heterocycles. The number of hydrogen-bond acceptors (Lipinski definition) is 0. The van der Waals surface area contributed by atoms with Crippen LogP contribution in [0.1, 0.15) is 89.9 Å². The highest BCUT2D eigenvalue weighted by Gasteiger charge is 2.22. The molecule has 0 aromatic heterocycles. The number of allylic oxidation sites excluding steroid dienone is 2. The minimum atomic E-state index is -1.42. The summed E-state index contributed by atoms with van der Waals surface area (Å²) in [6.07, 6.45) is 22.8. The fourth-order valence-corrected chi connectivity index (χ4v) is 6.13. The van der Waals surface area contributed by atoms with Gasteiger partial charge in [0.1, 0.15) is 0 Å². The van der Waals surface area contributed by atoms with E-state index in [1.807, 2.05) is 12.2 Å². The van der Waals surface area contributed by atoms with Gasteiger partial charge in [0.05, 0.1) is 0 Å². The summed E-state index contributed by atoms with van der Waals surface area (Å²) in [5.74, 6) is 0. The molecule has 0 saturated heterocycles. The average molecular weight is 357 g/mol. The number of hydrogen-bond donors (Lipinski definition) is 0.